The van der Waals surface area contributed by atoms with E-state index in [-0.39, 0.29) is 41.7 Å². The molecule has 2 atom stereocenters. The minimum Gasteiger partial charge on any atom is -0.507 e. The number of benzene rings is 2. The molecule has 0 radical (unpaired) electrons. The lowest BCUT2D eigenvalue weighted by Gasteiger charge is -2.41. The highest BCUT2D eigenvalue weighted by Gasteiger charge is 2.49. The number of hydrogen-bond acceptors (Lipinski definition) is 9. The molecule has 3 heterocycles. The zero-order valence-electron chi connectivity index (χ0n) is 20.4. The molecular weight excluding hydrogens is 457 g/mol. The van der Waals surface area contributed by atoms with Crippen molar-refractivity contribution in [1.29, 1.82) is 0 Å². The van der Waals surface area contributed by atoms with E-state index in [1.165, 1.54) is 18.2 Å². The summed E-state index contributed by atoms with van der Waals surface area (Å²) in [5.74, 6) is -2.85. The first kappa shape index (κ1) is 21.8. The molecule has 0 bridgehead atoms. The van der Waals surface area contributed by atoms with Crippen LogP contribution in [0.1, 0.15) is 30.0 Å². The Morgan fingerprint density at radius 1 is 1.37 bits per heavy atom. The number of aromatic nitrogens is 4. The fraction of sp³-hybridized carbons (Fsp3) is 0.417. The van der Waals surface area contributed by atoms with Crippen LogP contribution in [0.3, 0.4) is 0 Å². The first-order chi connectivity index (χ1) is 17.2. The second kappa shape index (κ2) is 9.14. The summed E-state index contributed by atoms with van der Waals surface area (Å²) in [6, 6.07) is 7.62. The first-order valence-corrected chi connectivity index (χ1v) is 11.3. The topological polar surface area (TPSA) is 123 Å². The Hall–Kier alpha value is -3.73. The Bertz CT molecular complexity index is 1290. The van der Waals surface area contributed by atoms with Crippen LogP contribution >= 0.6 is 0 Å². The second-order valence-electron chi connectivity index (χ2n) is 8.73. The molecule has 2 N–H and O–H groups in total. The summed E-state index contributed by atoms with van der Waals surface area (Å²) in [5, 5.41) is 24.5. The van der Waals surface area contributed by atoms with Gasteiger partial charge >= 0.3 is 0 Å². The van der Waals surface area contributed by atoms with E-state index in [0.717, 1.165) is 0 Å². The third-order valence-corrected chi connectivity index (χ3v) is 6.36. The van der Waals surface area contributed by atoms with E-state index in [2.05, 4.69) is 20.6 Å². The largest absolute Gasteiger partial charge is 0.507 e. The highest BCUT2D eigenvalue weighted by atomic mass is 19.1. The fourth-order valence-corrected chi connectivity index (χ4v) is 4.35. The maximum Gasteiger partial charge on any atom is 0.178 e. The van der Waals surface area contributed by atoms with Crippen molar-refractivity contribution in [2.75, 3.05) is 37.8 Å². The molecule has 1 aromatic heterocycles. The molecule has 35 heavy (non-hydrogen) atoms. The number of rotatable bonds is 6. The highest BCUT2D eigenvalue weighted by molar-refractivity contribution is 6.05. The zero-order valence-corrected chi connectivity index (χ0v) is 19.4. The number of carbonyl (C=O) groups excluding carboxylic acids is 1. The van der Waals surface area contributed by atoms with Gasteiger partial charge in [0, 0.05) is 44.3 Å². The molecule has 3 aromatic rings. The second-order valence-corrected chi connectivity index (χ2v) is 8.73. The quantitative estimate of drug-likeness (QED) is 0.543. The number of phenols is 1. The summed E-state index contributed by atoms with van der Waals surface area (Å²) < 4.78 is 41.1. The van der Waals surface area contributed by atoms with Crippen LogP contribution in [-0.4, -0.2) is 70.0 Å². The lowest BCUT2D eigenvalue weighted by atomic mass is 9.78. The van der Waals surface area contributed by atoms with Gasteiger partial charge in [-0.3, -0.25) is 4.79 Å². The molecule has 5 rings (SSSR count). The van der Waals surface area contributed by atoms with Crippen molar-refractivity contribution in [3.05, 3.63) is 53.1 Å². The van der Waals surface area contributed by atoms with Gasteiger partial charge in [-0.1, -0.05) is 11.3 Å². The van der Waals surface area contributed by atoms with Crippen molar-refractivity contribution in [3.63, 3.8) is 0 Å². The first-order valence-electron chi connectivity index (χ1n) is 11.8. The number of phenolic OH excluding ortho intramolecular Hbond substituents is 1. The minimum atomic E-state index is -2.00. The SMILES string of the molecule is [2H]C1(Cc2nn[nH]n2)C(=O)c2c(O)cc(N3CCOCC3)cc2OC1(C)COc1cccc(F)c1C. The van der Waals surface area contributed by atoms with Crippen LogP contribution in [0.5, 0.6) is 17.2 Å². The number of ketones is 1. The van der Waals surface area contributed by atoms with E-state index in [0.29, 0.717) is 37.6 Å². The maximum absolute atomic E-state index is 14.1. The number of hydrogen-bond donors (Lipinski definition) is 2. The van der Waals surface area contributed by atoms with Gasteiger partial charge in [0.1, 0.15) is 35.2 Å². The molecule has 0 saturated carbocycles. The Labute approximate surface area is 202 Å². The predicted molar refractivity (Wildman–Crippen MR) is 123 cm³/mol. The number of H-pyrrole nitrogens is 1. The van der Waals surface area contributed by atoms with Gasteiger partial charge in [0.2, 0.25) is 0 Å². The van der Waals surface area contributed by atoms with Crippen LogP contribution in [0.2, 0.25) is 0 Å². The average Bonchev–Trinajstić information content (AvgIpc) is 3.37. The number of fused-ring (bicyclic) bond motifs is 1. The van der Waals surface area contributed by atoms with Crippen molar-refractivity contribution in [3.8, 4) is 17.2 Å². The molecule has 184 valence electrons. The lowest BCUT2D eigenvalue weighted by molar-refractivity contribution is -0.0188. The summed E-state index contributed by atoms with van der Waals surface area (Å²) in [6.07, 6.45) is -0.256. The molecule has 1 fully saturated rings. The van der Waals surface area contributed by atoms with Crippen LogP contribution in [0.4, 0.5) is 10.1 Å². The fourth-order valence-electron chi connectivity index (χ4n) is 4.35. The van der Waals surface area contributed by atoms with E-state index in [9.17, 15) is 15.7 Å². The van der Waals surface area contributed by atoms with Crippen molar-refractivity contribution in [2.24, 2.45) is 5.89 Å². The molecule has 10 nitrogen and oxygen atoms in total. The zero-order chi connectivity index (χ0) is 25.5. The van der Waals surface area contributed by atoms with Gasteiger partial charge < -0.3 is 24.2 Å². The van der Waals surface area contributed by atoms with Crippen LogP contribution in [0, 0.1) is 18.6 Å². The molecule has 2 aromatic carbocycles. The number of tetrazole rings is 1. The van der Waals surface area contributed by atoms with Crippen molar-refractivity contribution < 1.29 is 29.9 Å². The number of anilines is 1. The van der Waals surface area contributed by atoms with Gasteiger partial charge in [-0.15, -0.1) is 10.2 Å². The summed E-state index contributed by atoms with van der Waals surface area (Å²) >= 11 is 0. The van der Waals surface area contributed by atoms with E-state index in [4.69, 9.17) is 14.2 Å². The van der Waals surface area contributed by atoms with Crippen LogP contribution in [-0.2, 0) is 11.2 Å². The molecule has 0 amide bonds. The van der Waals surface area contributed by atoms with Gasteiger partial charge in [0.25, 0.3) is 0 Å². The number of morpholine rings is 1. The van der Waals surface area contributed by atoms with Gasteiger partial charge in [-0.05, 0) is 26.0 Å². The Morgan fingerprint density at radius 3 is 2.91 bits per heavy atom. The molecule has 0 aliphatic carbocycles. The van der Waals surface area contributed by atoms with Crippen molar-refractivity contribution in [1.82, 2.24) is 20.6 Å². The number of nitrogens with one attached hydrogen (secondary N) is 1. The maximum atomic E-state index is 14.1. The lowest BCUT2D eigenvalue weighted by Crippen LogP contribution is -2.53. The van der Waals surface area contributed by atoms with Gasteiger partial charge in [0.05, 0.1) is 19.1 Å². The number of carbonyl (C=O) groups is 1. The molecule has 2 aliphatic heterocycles. The number of halogens is 1. The highest BCUT2D eigenvalue weighted by Crippen LogP contribution is 2.45. The molecule has 11 heteroatoms. The molecule has 2 aliphatic rings. The monoisotopic (exact) mass is 484 g/mol. The summed E-state index contributed by atoms with van der Waals surface area (Å²) in [7, 11) is 0. The number of aromatic amines is 1. The van der Waals surface area contributed by atoms with E-state index >= 15 is 0 Å². The number of nitrogens with zero attached hydrogens (tertiary/aromatic N) is 4. The Kier molecular flexibility index (Phi) is 5.69. The van der Waals surface area contributed by atoms with Gasteiger partial charge in [0.15, 0.2) is 17.2 Å². The average molecular weight is 485 g/mol. The minimum absolute atomic E-state index is 0.0927. The van der Waals surface area contributed by atoms with E-state index in [1.807, 2.05) is 4.90 Å². The summed E-state index contributed by atoms with van der Waals surface area (Å²) in [5.41, 5.74) is -0.691. The smallest absolute Gasteiger partial charge is 0.178 e. The van der Waals surface area contributed by atoms with Crippen LogP contribution < -0.4 is 14.4 Å². The summed E-state index contributed by atoms with van der Waals surface area (Å²) in [4.78, 5) is 15.9. The van der Waals surface area contributed by atoms with Crippen LogP contribution in [0.25, 0.3) is 0 Å². The van der Waals surface area contributed by atoms with E-state index in [1.54, 1.807) is 26.0 Å². The standard InChI is InChI=1S/C24H26FN5O5/c1-14-17(25)4-3-5-19(14)34-13-24(2)16(12-21-26-28-29-27-21)23(32)22-18(31)10-15(11-20(22)35-24)30-6-8-33-9-7-30/h3-5,10-11,16,31H,6-9,12-13H2,1-2H3,(H,26,27,28,29)/i16D. The number of ether oxygens (including phenoxy) is 3. The Balaban J connectivity index is 1.55. The third kappa shape index (κ3) is 4.39. The predicted octanol–water partition coefficient (Wildman–Crippen LogP) is 2.46. The van der Waals surface area contributed by atoms with Gasteiger partial charge in [-0.2, -0.15) is 5.21 Å². The molecule has 1 saturated heterocycles. The number of aromatic hydroxyl groups is 1. The van der Waals surface area contributed by atoms with Crippen molar-refractivity contribution >= 4 is 11.5 Å². The van der Waals surface area contributed by atoms with Crippen molar-refractivity contribution in [2.45, 2.75) is 25.9 Å². The van der Waals surface area contributed by atoms with Crippen LogP contribution in [0.15, 0.2) is 30.3 Å². The normalized spacial score (nSPS) is 24.5. The van der Waals surface area contributed by atoms with E-state index < -0.39 is 23.1 Å². The third-order valence-electron chi connectivity index (χ3n) is 6.36. The molecular formula is C24H26FN5O5. The molecule has 2 unspecified atom stereocenters. The molecule has 0 spiro atoms. The number of Topliss-reactive ketones (excluding diaryl/α,β-unsaturated/α-hetero) is 1. The Morgan fingerprint density at radius 2 is 2.17 bits per heavy atom. The van der Waals surface area contributed by atoms with Gasteiger partial charge in [-0.25, -0.2) is 4.39 Å². The summed E-state index contributed by atoms with van der Waals surface area (Å²) in [6.45, 7) is 5.21.